The molecule has 5 heteroatoms. The lowest BCUT2D eigenvalue weighted by atomic mass is 10.1. The summed E-state index contributed by atoms with van der Waals surface area (Å²) in [5, 5.41) is 0. The van der Waals surface area contributed by atoms with E-state index in [1.807, 2.05) is 0 Å². The van der Waals surface area contributed by atoms with Gasteiger partial charge in [0.25, 0.3) is 6.43 Å². The fourth-order valence-corrected chi connectivity index (χ4v) is 1.80. The van der Waals surface area contributed by atoms with Crippen molar-refractivity contribution in [1.82, 2.24) is 15.0 Å². The van der Waals surface area contributed by atoms with E-state index in [4.69, 9.17) is 0 Å². The average Bonchev–Trinajstić information content (AvgIpc) is 2.86. The van der Waals surface area contributed by atoms with Crippen molar-refractivity contribution in [1.29, 1.82) is 0 Å². The Morgan fingerprint density at radius 1 is 1.17 bits per heavy atom. The third-order valence-electron chi connectivity index (χ3n) is 2.70. The zero-order valence-electron chi connectivity index (χ0n) is 9.27. The topological polar surface area (TPSA) is 41.6 Å². The van der Waals surface area contributed by atoms with E-state index < -0.39 is 6.43 Å². The summed E-state index contributed by atoms with van der Waals surface area (Å²) < 4.78 is 25.3. The summed E-state index contributed by atoms with van der Waals surface area (Å²) >= 11 is 0. The summed E-state index contributed by atoms with van der Waals surface area (Å²) in [6, 6.07) is 7.97. The molecule has 2 aromatic heterocycles. The number of rotatable bonds is 2. The summed E-state index contributed by atoms with van der Waals surface area (Å²) in [4.78, 5) is 11.5. The second-order valence-corrected chi connectivity index (χ2v) is 3.89. The smallest absolute Gasteiger partial charge is 0.263 e. The first kappa shape index (κ1) is 10.8. The predicted octanol–water partition coefficient (Wildman–Crippen LogP) is 3.56. The highest BCUT2D eigenvalue weighted by Crippen LogP contribution is 2.25. The first-order valence-corrected chi connectivity index (χ1v) is 5.42. The van der Waals surface area contributed by atoms with Crippen LogP contribution in [0.3, 0.4) is 0 Å². The molecule has 0 unspecified atom stereocenters. The average molecular weight is 245 g/mol. The van der Waals surface area contributed by atoms with Crippen molar-refractivity contribution in [3.63, 3.8) is 0 Å². The molecule has 2 heterocycles. The number of benzene rings is 1. The van der Waals surface area contributed by atoms with E-state index in [-0.39, 0.29) is 5.56 Å². The number of halogens is 2. The molecule has 0 saturated heterocycles. The Kier molecular flexibility index (Phi) is 2.51. The van der Waals surface area contributed by atoms with Crippen LogP contribution in [0.4, 0.5) is 8.78 Å². The minimum absolute atomic E-state index is 0.0107. The van der Waals surface area contributed by atoms with Crippen molar-refractivity contribution in [2.24, 2.45) is 0 Å². The molecule has 0 bridgehead atoms. The zero-order valence-corrected chi connectivity index (χ0v) is 9.27. The van der Waals surface area contributed by atoms with Gasteiger partial charge in [0.2, 0.25) is 0 Å². The number of hydrogen-bond acceptors (Lipinski definition) is 2. The van der Waals surface area contributed by atoms with E-state index in [1.165, 1.54) is 12.1 Å². The Balaban J connectivity index is 2.10. The monoisotopic (exact) mass is 245 g/mol. The Morgan fingerprint density at radius 3 is 2.89 bits per heavy atom. The van der Waals surface area contributed by atoms with Crippen LogP contribution in [0.5, 0.6) is 0 Å². The van der Waals surface area contributed by atoms with E-state index in [2.05, 4.69) is 15.0 Å². The van der Waals surface area contributed by atoms with Crippen molar-refractivity contribution in [3.8, 4) is 11.3 Å². The van der Waals surface area contributed by atoms with Crippen molar-refractivity contribution in [2.75, 3.05) is 0 Å². The molecule has 0 aliphatic carbocycles. The molecule has 90 valence electrons. The molecule has 0 fully saturated rings. The van der Waals surface area contributed by atoms with Crippen LogP contribution in [0.1, 0.15) is 12.0 Å². The number of nitrogens with one attached hydrogen (secondary N) is 1. The second kappa shape index (κ2) is 4.18. The molecule has 3 rings (SSSR count). The van der Waals surface area contributed by atoms with E-state index >= 15 is 0 Å². The quantitative estimate of drug-likeness (QED) is 0.750. The number of aromatic amines is 1. The lowest BCUT2D eigenvalue weighted by Crippen LogP contribution is -1.89. The maximum atomic E-state index is 12.6. The standard InChI is InChI=1S/C13H9F2N3/c14-12(15)9-3-1-2-8(6-9)11-7-17-13-10(18-11)4-5-16-13/h1-7,12H,(H,16,17). The lowest BCUT2D eigenvalue weighted by Gasteiger charge is -2.04. The fourth-order valence-electron chi connectivity index (χ4n) is 1.80. The normalized spacial score (nSPS) is 11.3. The Hall–Kier alpha value is -2.30. The molecule has 0 amide bonds. The number of hydrogen-bond donors (Lipinski definition) is 1. The molecule has 0 spiro atoms. The number of aromatic nitrogens is 3. The molecule has 1 aromatic carbocycles. The summed E-state index contributed by atoms with van der Waals surface area (Å²) in [5.74, 6) is 0. The number of fused-ring (bicyclic) bond motifs is 1. The van der Waals surface area contributed by atoms with Crippen molar-refractivity contribution < 1.29 is 8.78 Å². The van der Waals surface area contributed by atoms with Gasteiger partial charge in [-0.15, -0.1) is 0 Å². The van der Waals surface area contributed by atoms with Crippen molar-refractivity contribution in [2.45, 2.75) is 6.43 Å². The second-order valence-electron chi connectivity index (χ2n) is 3.89. The third kappa shape index (κ3) is 1.84. The molecule has 18 heavy (non-hydrogen) atoms. The highest BCUT2D eigenvalue weighted by atomic mass is 19.3. The van der Waals surface area contributed by atoms with Gasteiger partial charge in [0, 0.05) is 17.3 Å². The molecular formula is C13H9F2N3. The molecule has 3 nitrogen and oxygen atoms in total. The van der Waals surface area contributed by atoms with E-state index in [0.717, 1.165) is 5.52 Å². The van der Waals surface area contributed by atoms with Crippen LogP contribution in [0.2, 0.25) is 0 Å². The van der Waals surface area contributed by atoms with Gasteiger partial charge in [-0.3, -0.25) is 0 Å². The molecule has 1 N–H and O–H groups in total. The summed E-state index contributed by atoms with van der Waals surface area (Å²) in [6.07, 6.45) is 0.835. The van der Waals surface area contributed by atoms with Crippen LogP contribution in [0.25, 0.3) is 22.4 Å². The zero-order chi connectivity index (χ0) is 12.5. The van der Waals surface area contributed by atoms with Crippen LogP contribution in [0.15, 0.2) is 42.7 Å². The van der Waals surface area contributed by atoms with Crippen LogP contribution >= 0.6 is 0 Å². The SMILES string of the molecule is FC(F)c1cccc(-c2cnc3[nH]ccc3n2)c1. The minimum Gasteiger partial charge on any atom is -0.345 e. The Labute approximate surface area is 102 Å². The number of alkyl halides is 2. The maximum absolute atomic E-state index is 12.6. The van der Waals surface area contributed by atoms with Gasteiger partial charge in [0.1, 0.15) is 5.52 Å². The number of nitrogens with zero attached hydrogens (tertiary/aromatic N) is 2. The molecular weight excluding hydrogens is 236 g/mol. The highest BCUT2D eigenvalue weighted by Gasteiger charge is 2.09. The first-order valence-electron chi connectivity index (χ1n) is 5.42. The van der Waals surface area contributed by atoms with Gasteiger partial charge < -0.3 is 4.98 Å². The van der Waals surface area contributed by atoms with Gasteiger partial charge in [0.05, 0.1) is 11.9 Å². The van der Waals surface area contributed by atoms with E-state index in [1.54, 1.807) is 30.6 Å². The number of H-pyrrole nitrogens is 1. The Morgan fingerprint density at radius 2 is 2.06 bits per heavy atom. The maximum Gasteiger partial charge on any atom is 0.263 e. The first-order chi connectivity index (χ1) is 8.74. The van der Waals surface area contributed by atoms with E-state index in [9.17, 15) is 8.78 Å². The summed E-state index contributed by atoms with van der Waals surface area (Å²) in [6.45, 7) is 0. The van der Waals surface area contributed by atoms with Crippen LogP contribution in [0, 0.1) is 0 Å². The van der Waals surface area contributed by atoms with Crippen LogP contribution in [-0.4, -0.2) is 15.0 Å². The van der Waals surface area contributed by atoms with Gasteiger partial charge in [0.15, 0.2) is 5.65 Å². The van der Waals surface area contributed by atoms with Gasteiger partial charge >= 0.3 is 0 Å². The molecule has 0 atom stereocenters. The summed E-state index contributed by atoms with van der Waals surface area (Å²) in [5.41, 5.74) is 2.62. The van der Waals surface area contributed by atoms with Crippen molar-refractivity contribution in [3.05, 3.63) is 48.3 Å². The van der Waals surface area contributed by atoms with Gasteiger partial charge in [-0.2, -0.15) is 0 Å². The van der Waals surface area contributed by atoms with Gasteiger partial charge in [-0.1, -0.05) is 18.2 Å². The largest absolute Gasteiger partial charge is 0.345 e. The van der Waals surface area contributed by atoms with Crippen molar-refractivity contribution >= 4 is 11.2 Å². The summed E-state index contributed by atoms with van der Waals surface area (Å²) in [7, 11) is 0. The lowest BCUT2D eigenvalue weighted by molar-refractivity contribution is 0.151. The molecule has 0 aliphatic rings. The Bertz CT molecular complexity index is 691. The molecule has 3 aromatic rings. The molecule has 0 radical (unpaired) electrons. The molecule has 0 aliphatic heterocycles. The fraction of sp³-hybridized carbons (Fsp3) is 0.0769. The third-order valence-corrected chi connectivity index (χ3v) is 2.70. The molecule has 0 saturated carbocycles. The van der Waals surface area contributed by atoms with Crippen LogP contribution in [-0.2, 0) is 0 Å². The minimum atomic E-state index is -2.48. The highest BCUT2D eigenvalue weighted by molar-refractivity contribution is 5.74. The predicted molar refractivity (Wildman–Crippen MR) is 64.3 cm³/mol. The van der Waals surface area contributed by atoms with E-state index in [0.29, 0.717) is 16.9 Å². The van der Waals surface area contributed by atoms with Crippen LogP contribution < -0.4 is 0 Å². The van der Waals surface area contributed by atoms with Gasteiger partial charge in [-0.25, -0.2) is 18.7 Å². The van der Waals surface area contributed by atoms with Gasteiger partial charge in [-0.05, 0) is 12.1 Å².